The summed E-state index contributed by atoms with van der Waals surface area (Å²) in [5, 5.41) is 0.616. The summed E-state index contributed by atoms with van der Waals surface area (Å²) >= 11 is 0. The van der Waals surface area contributed by atoms with Crippen molar-refractivity contribution in [2.24, 2.45) is 0 Å². The van der Waals surface area contributed by atoms with Crippen molar-refractivity contribution in [1.29, 1.82) is 0 Å². The molecule has 0 atom stereocenters. The number of rotatable bonds is 6. The molecule has 0 saturated heterocycles. The van der Waals surface area contributed by atoms with E-state index in [1.54, 1.807) is 66.7 Å². The van der Waals surface area contributed by atoms with E-state index in [4.69, 9.17) is 9.72 Å². The van der Waals surface area contributed by atoms with Crippen molar-refractivity contribution in [3.8, 4) is 11.3 Å². The smallest absolute Gasteiger partial charge is 0.339 e. The largest absolute Gasteiger partial charge is 0.454 e. The summed E-state index contributed by atoms with van der Waals surface area (Å²) in [4.78, 5) is 57.8. The molecule has 0 saturated carbocycles. The van der Waals surface area contributed by atoms with Gasteiger partial charge < -0.3 is 4.74 Å². The normalized spacial score (nSPS) is 12.5. The first-order valence-electron chi connectivity index (χ1n) is 13.5. The number of aryl methyl sites for hydroxylation is 3. The van der Waals surface area contributed by atoms with Crippen molar-refractivity contribution in [3.05, 3.63) is 130 Å². The Bertz CT molecular complexity index is 1910. The number of hydrogen-bond acceptors (Lipinski definition) is 6. The van der Waals surface area contributed by atoms with Crippen LogP contribution in [0, 0.1) is 20.8 Å². The molecule has 0 spiro atoms. The number of esters is 1. The van der Waals surface area contributed by atoms with Gasteiger partial charge in [-0.2, -0.15) is 0 Å². The third-order valence-corrected chi connectivity index (χ3v) is 7.56. The van der Waals surface area contributed by atoms with Crippen molar-refractivity contribution in [2.45, 2.75) is 20.8 Å². The molecule has 0 bridgehead atoms. The van der Waals surface area contributed by atoms with E-state index >= 15 is 0 Å². The summed E-state index contributed by atoms with van der Waals surface area (Å²) in [5.74, 6) is -1.66. The third kappa shape index (κ3) is 4.75. The van der Waals surface area contributed by atoms with E-state index in [1.165, 1.54) is 0 Å². The van der Waals surface area contributed by atoms with E-state index in [1.807, 2.05) is 45.0 Å². The molecule has 1 aromatic heterocycles. The molecule has 7 heteroatoms. The second kappa shape index (κ2) is 10.5. The number of pyridine rings is 1. The van der Waals surface area contributed by atoms with Gasteiger partial charge in [0.25, 0.3) is 11.8 Å². The van der Waals surface area contributed by atoms with Gasteiger partial charge in [-0.1, -0.05) is 48.0 Å². The Morgan fingerprint density at radius 2 is 1.45 bits per heavy atom. The molecule has 206 valence electrons. The maximum atomic E-state index is 13.3. The second-order valence-electron chi connectivity index (χ2n) is 10.4. The van der Waals surface area contributed by atoms with Crippen LogP contribution in [0.3, 0.4) is 0 Å². The fourth-order valence-electron chi connectivity index (χ4n) is 5.07. The zero-order valence-electron chi connectivity index (χ0n) is 23.3. The average molecular weight is 555 g/mol. The molecule has 0 fully saturated rings. The quantitative estimate of drug-likeness (QED) is 0.132. The maximum Gasteiger partial charge on any atom is 0.339 e. The van der Waals surface area contributed by atoms with Crippen LogP contribution in [0.1, 0.15) is 58.1 Å². The molecule has 1 aliphatic heterocycles. The first kappa shape index (κ1) is 26.8. The number of anilines is 1. The Balaban J connectivity index is 1.29. The number of benzene rings is 4. The fourth-order valence-corrected chi connectivity index (χ4v) is 5.07. The fraction of sp³-hybridized carbons (Fsp3) is 0.114. The van der Waals surface area contributed by atoms with Gasteiger partial charge >= 0.3 is 5.97 Å². The molecule has 6 rings (SSSR count). The SMILES string of the molecule is Cc1ccc2nc(-c3ccc(N4C(=O)c5ccccc5C4=O)cc3)cc(C(=O)OCC(=O)c3ccc(C)c(C)c3)c2c1. The molecular weight excluding hydrogens is 528 g/mol. The minimum absolute atomic E-state index is 0.287. The van der Waals surface area contributed by atoms with Gasteiger partial charge in [0.2, 0.25) is 0 Å². The highest BCUT2D eigenvalue weighted by molar-refractivity contribution is 6.34. The molecule has 0 N–H and O–H groups in total. The molecule has 4 aromatic carbocycles. The lowest BCUT2D eigenvalue weighted by Gasteiger charge is -2.15. The lowest BCUT2D eigenvalue weighted by Crippen LogP contribution is -2.29. The van der Waals surface area contributed by atoms with Crippen LogP contribution >= 0.6 is 0 Å². The number of imide groups is 1. The highest BCUT2D eigenvalue weighted by Gasteiger charge is 2.36. The molecule has 0 radical (unpaired) electrons. The molecule has 42 heavy (non-hydrogen) atoms. The van der Waals surface area contributed by atoms with Crippen LogP contribution < -0.4 is 4.90 Å². The summed E-state index contributed by atoms with van der Waals surface area (Å²) in [5.41, 5.74) is 6.74. The van der Waals surface area contributed by atoms with Gasteiger partial charge in [-0.15, -0.1) is 0 Å². The molecule has 2 heterocycles. The number of fused-ring (bicyclic) bond motifs is 2. The van der Waals surface area contributed by atoms with Crippen LogP contribution in [0.4, 0.5) is 5.69 Å². The number of hydrogen-bond donors (Lipinski definition) is 0. The van der Waals surface area contributed by atoms with Crippen LogP contribution in [0.5, 0.6) is 0 Å². The standard InChI is InChI=1S/C35H26N2O5/c1-20-8-15-30-28(16-20)29(35(41)42-19-32(38)24-10-9-21(2)22(3)17-24)18-31(36-30)23-11-13-25(14-12-23)37-33(39)26-6-4-5-7-27(26)34(37)40/h4-18H,19H2,1-3H3. The van der Waals surface area contributed by atoms with Gasteiger partial charge in [-0.25, -0.2) is 14.7 Å². The Morgan fingerprint density at radius 1 is 0.762 bits per heavy atom. The Kier molecular flexibility index (Phi) is 6.71. The van der Waals surface area contributed by atoms with Gasteiger partial charge in [0.1, 0.15) is 0 Å². The average Bonchev–Trinajstić information content (AvgIpc) is 3.26. The molecule has 2 amide bonds. The first-order chi connectivity index (χ1) is 20.2. The molecule has 1 aliphatic rings. The van der Waals surface area contributed by atoms with Gasteiger partial charge in [0.05, 0.1) is 33.6 Å². The van der Waals surface area contributed by atoms with Crippen LogP contribution in [-0.4, -0.2) is 35.2 Å². The number of ketones is 1. The number of carbonyl (C=O) groups is 4. The lowest BCUT2D eigenvalue weighted by molar-refractivity contribution is 0.0476. The summed E-state index contributed by atoms with van der Waals surface area (Å²) in [6, 6.07) is 26.2. The number of nitrogens with zero attached hydrogens (tertiary/aromatic N) is 2. The van der Waals surface area contributed by atoms with E-state index in [-0.39, 0.29) is 29.8 Å². The second-order valence-corrected chi connectivity index (χ2v) is 10.4. The first-order valence-corrected chi connectivity index (χ1v) is 13.5. The minimum Gasteiger partial charge on any atom is -0.454 e. The highest BCUT2D eigenvalue weighted by Crippen LogP contribution is 2.31. The number of carbonyl (C=O) groups excluding carboxylic acids is 4. The van der Waals surface area contributed by atoms with E-state index < -0.39 is 5.97 Å². The Hall–Kier alpha value is -5.43. The van der Waals surface area contributed by atoms with Crippen LogP contribution in [0.2, 0.25) is 0 Å². The maximum absolute atomic E-state index is 13.3. The molecule has 0 aliphatic carbocycles. The van der Waals surface area contributed by atoms with Crippen molar-refractivity contribution < 1.29 is 23.9 Å². The molecular formula is C35H26N2O5. The summed E-state index contributed by atoms with van der Waals surface area (Å²) < 4.78 is 5.50. The summed E-state index contributed by atoms with van der Waals surface area (Å²) in [6.07, 6.45) is 0. The van der Waals surface area contributed by atoms with Crippen LogP contribution in [-0.2, 0) is 4.74 Å². The van der Waals surface area contributed by atoms with Crippen molar-refractivity contribution in [3.63, 3.8) is 0 Å². The van der Waals surface area contributed by atoms with Crippen molar-refractivity contribution >= 4 is 40.2 Å². The number of ether oxygens (including phenoxy) is 1. The topological polar surface area (TPSA) is 93.6 Å². The Labute approximate surface area is 242 Å². The zero-order valence-corrected chi connectivity index (χ0v) is 23.3. The van der Waals surface area contributed by atoms with Crippen molar-refractivity contribution in [1.82, 2.24) is 4.98 Å². The van der Waals surface area contributed by atoms with Gasteiger partial charge in [-0.3, -0.25) is 14.4 Å². The zero-order chi connectivity index (χ0) is 29.5. The van der Waals surface area contributed by atoms with Crippen LogP contribution in [0.15, 0.2) is 91.0 Å². The van der Waals surface area contributed by atoms with Gasteiger partial charge in [0, 0.05) is 16.5 Å². The van der Waals surface area contributed by atoms with E-state index in [0.29, 0.717) is 44.5 Å². The third-order valence-electron chi connectivity index (χ3n) is 7.56. The number of Topliss-reactive ketones (excluding diaryl/α,β-unsaturated/α-hetero) is 1. The predicted octanol–water partition coefficient (Wildman–Crippen LogP) is 6.67. The lowest BCUT2D eigenvalue weighted by atomic mass is 10.0. The molecule has 5 aromatic rings. The van der Waals surface area contributed by atoms with Gasteiger partial charge in [0.15, 0.2) is 12.4 Å². The van der Waals surface area contributed by atoms with Crippen molar-refractivity contribution in [2.75, 3.05) is 11.5 Å². The van der Waals surface area contributed by atoms with Crippen LogP contribution in [0.25, 0.3) is 22.2 Å². The highest BCUT2D eigenvalue weighted by atomic mass is 16.5. The minimum atomic E-state index is -0.630. The predicted molar refractivity (Wildman–Crippen MR) is 160 cm³/mol. The van der Waals surface area contributed by atoms with Gasteiger partial charge in [-0.05, 0) is 80.4 Å². The molecule has 7 nitrogen and oxygen atoms in total. The van der Waals surface area contributed by atoms with E-state index in [0.717, 1.165) is 21.6 Å². The summed E-state index contributed by atoms with van der Waals surface area (Å²) in [7, 11) is 0. The summed E-state index contributed by atoms with van der Waals surface area (Å²) in [6.45, 7) is 5.43. The van der Waals surface area contributed by atoms with E-state index in [2.05, 4.69) is 0 Å². The molecule has 0 unspecified atom stereocenters. The monoisotopic (exact) mass is 554 g/mol. The number of amides is 2. The number of aromatic nitrogens is 1. The Morgan fingerprint density at radius 3 is 2.12 bits per heavy atom. The van der Waals surface area contributed by atoms with E-state index in [9.17, 15) is 19.2 Å².